The maximum Gasteiger partial charge on any atom is 0.0650 e. The third-order valence-corrected chi connectivity index (χ3v) is 12.2. The van der Waals surface area contributed by atoms with Gasteiger partial charge >= 0.3 is 0 Å². The highest BCUT2D eigenvalue weighted by molar-refractivity contribution is 6.82. The predicted octanol–water partition coefficient (Wildman–Crippen LogP) is 5.53. The smallest absolute Gasteiger partial charge is 0.0650 e. The summed E-state index contributed by atoms with van der Waals surface area (Å²) in [4.78, 5) is 0. The van der Waals surface area contributed by atoms with E-state index in [-0.39, 0.29) is 8.80 Å². The van der Waals surface area contributed by atoms with Gasteiger partial charge in [-0.05, 0) is 23.2 Å². The summed E-state index contributed by atoms with van der Waals surface area (Å²) in [6.45, 7) is 21.6. The molecule has 0 aromatic heterocycles. The quantitative estimate of drug-likeness (QED) is 0.380. The fraction of sp³-hybridized carbons (Fsp3) is 0.600. The molecule has 0 aliphatic heterocycles. The summed E-state index contributed by atoms with van der Waals surface area (Å²) >= 11 is 0. The zero-order chi connectivity index (χ0) is 13.5. The molecule has 0 saturated heterocycles. The summed E-state index contributed by atoms with van der Waals surface area (Å²) in [6, 6.07) is 4.97. The highest BCUT2D eigenvalue weighted by Crippen LogP contribution is 2.43. The van der Waals surface area contributed by atoms with Crippen molar-refractivity contribution in [3.05, 3.63) is 38.0 Å². The molecule has 0 rings (SSSR count). The molecule has 0 unspecified atom stereocenters. The van der Waals surface area contributed by atoms with Crippen molar-refractivity contribution in [2.75, 3.05) is 0 Å². The number of hydrogen-bond donors (Lipinski definition) is 0. The minimum absolute atomic E-state index is 0.266. The molecule has 1 radical (unpaired) electrons. The van der Waals surface area contributed by atoms with Crippen LogP contribution < -0.4 is 0 Å². The van der Waals surface area contributed by atoms with Crippen LogP contribution in [-0.4, -0.2) is 16.9 Å². The third-order valence-electron chi connectivity index (χ3n) is 3.90. The Hall–Kier alpha value is -0.346. The molecule has 0 aliphatic rings. The van der Waals surface area contributed by atoms with Crippen molar-refractivity contribution in [2.24, 2.45) is 0 Å². The monoisotopic (exact) mass is 265 g/mol. The topological polar surface area (TPSA) is 0 Å². The Bertz CT molecular complexity index is 238. The van der Waals surface area contributed by atoms with Crippen LogP contribution in [0.3, 0.4) is 0 Å². The Labute approximate surface area is 111 Å². The molecular weight excluding hydrogens is 236 g/mol. The summed E-state index contributed by atoms with van der Waals surface area (Å²) in [5.41, 5.74) is 0. The van der Waals surface area contributed by atoms with Gasteiger partial charge in [0.2, 0.25) is 0 Å². The Morgan fingerprint density at radius 2 is 1.29 bits per heavy atom. The first kappa shape index (κ1) is 16.7. The van der Waals surface area contributed by atoms with E-state index in [1.165, 1.54) is 24.2 Å². The average Bonchev–Trinajstić information content (AvgIpc) is 2.17. The lowest BCUT2D eigenvalue weighted by Gasteiger charge is -2.39. The van der Waals surface area contributed by atoms with Gasteiger partial charge in [0.05, 0.1) is 8.07 Å². The van der Waals surface area contributed by atoms with E-state index in [9.17, 15) is 0 Å². The van der Waals surface area contributed by atoms with Crippen LogP contribution in [-0.2, 0) is 0 Å². The van der Waals surface area contributed by atoms with Gasteiger partial charge in [-0.3, -0.25) is 0 Å². The Kier molecular flexibility index (Phi) is 7.02. The molecule has 0 aromatic rings. The highest BCUT2D eigenvalue weighted by Gasteiger charge is 2.37. The van der Waals surface area contributed by atoms with Crippen molar-refractivity contribution in [2.45, 2.75) is 56.2 Å². The van der Waals surface area contributed by atoms with Crippen LogP contribution in [0.1, 0.15) is 13.8 Å². The van der Waals surface area contributed by atoms with E-state index in [2.05, 4.69) is 64.9 Å². The third kappa shape index (κ3) is 5.22. The second kappa shape index (κ2) is 7.17. The van der Waals surface area contributed by atoms with E-state index >= 15 is 0 Å². The van der Waals surface area contributed by atoms with Gasteiger partial charge in [-0.15, -0.1) is 19.7 Å². The molecule has 0 amide bonds. The summed E-state index contributed by atoms with van der Waals surface area (Å²) in [6.07, 6.45) is 6.35. The number of allylic oxidation sites excluding steroid dienone is 3. The molecule has 0 saturated carbocycles. The molecule has 0 spiro atoms. The number of rotatable bonds is 9. The van der Waals surface area contributed by atoms with E-state index in [1.54, 1.807) is 0 Å². The van der Waals surface area contributed by atoms with Crippen molar-refractivity contribution >= 4 is 16.9 Å². The average molecular weight is 266 g/mol. The van der Waals surface area contributed by atoms with Gasteiger partial charge < -0.3 is 0 Å². The second-order valence-electron chi connectivity index (χ2n) is 6.04. The molecule has 0 nitrogen and oxygen atoms in total. The first-order valence-corrected chi connectivity index (χ1v) is 11.8. The van der Waals surface area contributed by atoms with Crippen LogP contribution in [0.2, 0.25) is 42.3 Å². The van der Waals surface area contributed by atoms with Crippen molar-refractivity contribution in [3.8, 4) is 0 Å². The standard InChI is InChI=1S/C15H29Si2/c1-8-11-17(12-9-2,13-10-3)14-15(4,5)16(6)7/h8-10H,1-3,11-14H2,4-7H3. The highest BCUT2D eigenvalue weighted by atomic mass is 28.3. The summed E-state index contributed by atoms with van der Waals surface area (Å²) in [7, 11) is -1.59. The lowest BCUT2D eigenvalue weighted by Crippen LogP contribution is -2.38. The van der Waals surface area contributed by atoms with Crippen LogP contribution in [0, 0.1) is 0 Å². The van der Waals surface area contributed by atoms with Gasteiger partial charge in [-0.2, -0.15) is 0 Å². The van der Waals surface area contributed by atoms with Crippen molar-refractivity contribution < 1.29 is 0 Å². The van der Waals surface area contributed by atoms with Crippen molar-refractivity contribution in [1.29, 1.82) is 0 Å². The van der Waals surface area contributed by atoms with E-state index in [4.69, 9.17) is 0 Å². The summed E-state index contributed by atoms with van der Waals surface area (Å²) in [5, 5.41) is 0.506. The van der Waals surface area contributed by atoms with Gasteiger partial charge in [0, 0.05) is 8.80 Å². The maximum absolute atomic E-state index is 3.96. The molecule has 0 atom stereocenters. The van der Waals surface area contributed by atoms with Gasteiger partial charge in [-0.25, -0.2) is 0 Å². The van der Waals surface area contributed by atoms with Crippen LogP contribution >= 0.6 is 0 Å². The fourth-order valence-corrected chi connectivity index (χ4v) is 9.68. The van der Waals surface area contributed by atoms with E-state index < -0.39 is 8.07 Å². The van der Waals surface area contributed by atoms with Crippen LogP contribution in [0.4, 0.5) is 0 Å². The van der Waals surface area contributed by atoms with Gasteiger partial charge in [0.25, 0.3) is 0 Å². The Balaban J connectivity index is 5.05. The predicted molar refractivity (Wildman–Crippen MR) is 87.1 cm³/mol. The van der Waals surface area contributed by atoms with Crippen molar-refractivity contribution in [3.63, 3.8) is 0 Å². The molecule has 0 heterocycles. The zero-order valence-electron chi connectivity index (χ0n) is 12.2. The molecule has 0 bridgehead atoms. The van der Waals surface area contributed by atoms with E-state index in [0.29, 0.717) is 5.04 Å². The maximum atomic E-state index is 3.96. The SMILES string of the molecule is C=CC[Si](CC=C)(CC=C)CC(C)(C)[Si](C)C. The second-order valence-corrected chi connectivity index (χ2v) is 14.0. The summed E-state index contributed by atoms with van der Waals surface area (Å²) < 4.78 is 0. The van der Waals surface area contributed by atoms with Crippen LogP contribution in [0.15, 0.2) is 38.0 Å². The first-order chi connectivity index (χ1) is 7.83. The largest absolute Gasteiger partial charge is 0.103 e. The molecule has 2 heteroatoms. The zero-order valence-corrected chi connectivity index (χ0v) is 14.2. The molecule has 17 heavy (non-hydrogen) atoms. The van der Waals surface area contributed by atoms with Crippen LogP contribution in [0.25, 0.3) is 0 Å². The normalized spacial score (nSPS) is 12.5. The molecular formula is C15H29Si2. The molecule has 0 aliphatic carbocycles. The van der Waals surface area contributed by atoms with E-state index in [1.807, 2.05) is 0 Å². The molecule has 97 valence electrons. The minimum Gasteiger partial charge on any atom is -0.103 e. The Morgan fingerprint density at radius 3 is 1.53 bits per heavy atom. The fourth-order valence-electron chi connectivity index (χ4n) is 2.50. The van der Waals surface area contributed by atoms with Crippen molar-refractivity contribution in [1.82, 2.24) is 0 Å². The molecule has 0 aromatic carbocycles. The molecule has 0 fully saturated rings. The van der Waals surface area contributed by atoms with Gasteiger partial charge in [-0.1, -0.05) is 51.2 Å². The Morgan fingerprint density at radius 1 is 0.941 bits per heavy atom. The summed E-state index contributed by atoms with van der Waals surface area (Å²) in [5.74, 6) is 0. The lowest BCUT2D eigenvalue weighted by molar-refractivity contribution is 0.721. The van der Waals surface area contributed by atoms with E-state index in [0.717, 1.165) is 0 Å². The lowest BCUT2D eigenvalue weighted by atomic mass is 10.2. The molecule has 0 N–H and O–H groups in total. The van der Waals surface area contributed by atoms with Gasteiger partial charge in [0.1, 0.15) is 0 Å². The number of hydrogen-bond acceptors (Lipinski definition) is 0. The van der Waals surface area contributed by atoms with Gasteiger partial charge in [0.15, 0.2) is 0 Å². The first-order valence-electron chi connectivity index (χ1n) is 6.47. The van der Waals surface area contributed by atoms with Crippen LogP contribution in [0.5, 0.6) is 0 Å². The minimum atomic E-state index is -1.32.